The van der Waals surface area contributed by atoms with Gasteiger partial charge in [0.05, 0.1) is 30.5 Å². The molecule has 1 unspecified atom stereocenters. The molecule has 4 atom stereocenters. The number of aryl methyl sites for hydroxylation is 2. The van der Waals surface area contributed by atoms with Crippen LogP contribution in [0.5, 0.6) is 5.75 Å². The van der Waals surface area contributed by atoms with Crippen LogP contribution in [-0.2, 0) is 19.0 Å². The molecule has 2 aliphatic heterocycles. The lowest BCUT2D eigenvalue weighted by atomic mass is 9.92. The molecule has 10 nitrogen and oxygen atoms in total. The summed E-state index contributed by atoms with van der Waals surface area (Å²) in [5, 5.41) is 17.6. The van der Waals surface area contributed by atoms with Gasteiger partial charge in [0.2, 0.25) is 0 Å². The molecule has 1 saturated heterocycles. The lowest BCUT2D eigenvalue weighted by Gasteiger charge is -2.26. The van der Waals surface area contributed by atoms with Crippen LogP contribution in [0.1, 0.15) is 43.8 Å². The molecule has 0 spiro atoms. The fourth-order valence-electron chi connectivity index (χ4n) is 7.84. The normalized spacial score (nSPS) is 19.0. The Labute approximate surface area is 350 Å². The van der Waals surface area contributed by atoms with Gasteiger partial charge in [0.1, 0.15) is 29.1 Å². The SMILES string of the molecule is COc1ccc(N2C(=O)/C(=C/c3ccc4ccc5cccc6ccc3c4c56)N=C2SC2C[C@@H](OC(=O)c3ccc(C)cc3)[C@@H]([C@@H](CO)OC(=O)c3ccc(C)cc3)O2)cc1. The van der Waals surface area contributed by atoms with Crippen molar-refractivity contribution in [1.82, 2.24) is 0 Å². The predicted molar refractivity (Wildman–Crippen MR) is 235 cm³/mol. The Hall–Kier alpha value is -6.53. The van der Waals surface area contributed by atoms with E-state index in [-0.39, 0.29) is 18.0 Å². The number of nitrogens with zero attached hydrogens (tertiary/aromatic N) is 2. The van der Waals surface area contributed by atoms with E-state index in [1.165, 1.54) is 22.0 Å². The van der Waals surface area contributed by atoms with Gasteiger partial charge in [-0.05, 0) is 106 Å². The highest BCUT2D eigenvalue weighted by Gasteiger charge is 2.46. The predicted octanol–water partition coefficient (Wildman–Crippen LogP) is 9.24. The smallest absolute Gasteiger partial charge is 0.338 e. The van der Waals surface area contributed by atoms with Crippen molar-refractivity contribution in [1.29, 1.82) is 0 Å². The number of carbonyl (C=O) groups excluding carboxylic acids is 3. The molecule has 2 heterocycles. The van der Waals surface area contributed by atoms with Gasteiger partial charge in [-0.3, -0.25) is 9.69 Å². The molecule has 1 amide bonds. The summed E-state index contributed by atoms with van der Waals surface area (Å²) in [6, 6.07) is 39.7. The van der Waals surface area contributed by atoms with Crippen LogP contribution in [0.4, 0.5) is 5.69 Å². The molecule has 300 valence electrons. The van der Waals surface area contributed by atoms with Gasteiger partial charge in [0, 0.05) is 6.42 Å². The Balaban J connectivity index is 1.06. The number of hydrogen-bond acceptors (Lipinski definition) is 10. The maximum Gasteiger partial charge on any atom is 0.338 e. The van der Waals surface area contributed by atoms with Gasteiger partial charge in [-0.1, -0.05) is 102 Å². The van der Waals surface area contributed by atoms with Gasteiger partial charge in [-0.15, -0.1) is 0 Å². The summed E-state index contributed by atoms with van der Waals surface area (Å²) in [5.41, 5.74) is 3.48. The van der Waals surface area contributed by atoms with Crippen LogP contribution in [0.15, 0.2) is 138 Å². The van der Waals surface area contributed by atoms with Crippen molar-refractivity contribution in [2.45, 2.75) is 44.0 Å². The van der Waals surface area contributed by atoms with E-state index < -0.39 is 42.3 Å². The third kappa shape index (κ3) is 7.47. The van der Waals surface area contributed by atoms with Crippen LogP contribution in [0.2, 0.25) is 0 Å². The monoisotopic (exact) mass is 816 g/mol. The zero-order chi connectivity index (χ0) is 41.5. The van der Waals surface area contributed by atoms with E-state index >= 15 is 0 Å². The summed E-state index contributed by atoms with van der Waals surface area (Å²) in [7, 11) is 1.57. The Kier molecular flexibility index (Phi) is 10.6. The Morgan fingerprint density at radius 1 is 0.817 bits per heavy atom. The first-order chi connectivity index (χ1) is 29.2. The fraction of sp³-hybridized carbons (Fsp3) is 0.184. The highest BCUT2D eigenvalue weighted by Crippen LogP contribution is 2.41. The molecule has 7 aromatic rings. The van der Waals surface area contributed by atoms with E-state index in [1.54, 1.807) is 67.8 Å². The second-order valence-corrected chi connectivity index (χ2v) is 16.1. The number of aliphatic hydroxyl groups is 1. The van der Waals surface area contributed by atoms with Crippen molar-refractivity contribution in [2.75, 3.05) is 18.6 Å². The van der Waals surface area contributed by atoms with Crippen LogP contribution < -0.4 is 9.64 Å². The number of carbonyl (C=O) groups is 3. The third-order valence-corrected chi connectivity index (χ3v) is 12.0. The Morgan fingerprint density at radius 3 is 2.08 bits per heavy atom. The number of thioether (sulfide) groups is 1. The highest BCUT2D eigenvalue weighted by atomic mass is 32.2. The molecular formula is C49H40N2O8S. The van der Waals surface area contributed by atoms with Gasteiger partial charge >= 0.3 is 11.9 Å². The van der Waals surface area contributed by atoms with E-state index in [0.29, 0.717) is 27.7 Å². The van der Waals surface area contributed by atoms with E-state index in [2.05, 4.69) is 48.5 Å². The average molecular weight is 817 g/mol. The van der Waals surface area contributed by atoms with Crippen LogP contribution in [0.25, 0.3) is 38.4 Å². The number of rotatable bonds is 10. The molecule has 1 fully saturated rings. The molecule has 0 bridgehead atoms. The number of anilines is 1. The number of ether oxygens (including phenoxy) is 4. The number of amides is 1. The molecule has 1 N–H and O–H groups in total. The minimum atomic E-state index is -1.19. The fourth-order valence-corrected chi connectivity index (χ4v) is 8.99. The third-order valence-electron chi connectivity index (χ3n) is 11.0. The van der Waals surface area contributed by atoms with Crippen molar-refractivity contribution in [2.24, 2.45) is 4.99 Å². The molecule has 2 aliphatic rings. The molecule has 0 aliphatic carbocycles. The first-order valence-corrected chi connectivity index (χ1v) is 20.5. The van der Waals surface area contributed by atoms with Crippen LogP contribution >= 0.6 is 11.8 Å². The molecule has 0 aromatic heterocycles. The molecule has 9 rings (SSSR count). The van der Waals surface area contributed by atoms with E-state index in [4.69, 9.17) is 23.9 Å². The summed E-state index contributed by atoms with van der Waals surface area (Å²) >= 11 is 1.18. The second kappa shape index (κ2) is 16.3. The standard InChI is InChI=1S/C49H40N2O8S/c1-28-7-11-33(12-8-28)47(54)57-40-26-42(59-45(40)41(27-52)58-48(55)34-13-9-29(2)10-14-34)60-49-50-39(46(53)51(49)36-20-22-37(56-3)23-21-36)25-35-18-17-32-16-15-30-5-4-6-31-19-24-38(35)44(32)43(30)31/h4-25,40-42,45,52H,26-27H2,1-3H3/b39-25-/t40-,41-,42?,45+/m1/s1. The van der Waals surface area contributed by atoms with E-state index in [9.17, 15) is 19.5 Å². The number of amidine groups is 1. The van der Waals surface area contributed by atoms with Crippen LogP contribution in [0.3, 0.4) is 0 Å². The Bertz CT molecular complexity index is 2800. The van der Waals surface area contributed by atoms with Crippen molar-refractivity contribution < 1.29 is 38.4 Å². The van der Waals surface area contributed by atoms with Gasteiger partial charge < -0.3 is 24.1 Å². The van der Waals surface area contributed by atoms with Crippen molar-refractivity contribution in [3.63, 3.8) is 0 Å². The number of esters is 2. The van der Waals surface area contributed by atoms with Crippen molar-refractivity contribution in [3.8, 4) is 5.75 Å². The zero-order valence-corrected chi connectivity index (χ0v) is 33.8. The van der Waals surface area contributed by atoms with Crippen molar-refractivity contribution >= 4 is 78.9 Å². The summed E-state index contributed by atoms with van der Waals surface area (Å²) in [6.07, 6.45) is -1.21. The molecule has 0 saturated carbocycles. The highest BCUT2D eigenvalue weighted by molar-refractivity contribution is 8.14. The molecule has 0 radical (unpaired) electrons. The quantitative estimate of drug-likeness (QED) is 0.0818. The summed E-state index contributed by atoms with van der Waals surface area (Å²) in [6.45, 7) is 3.23. The lowest BCUT2D eigenvalue weighted by molar-refractivity contribution is -0.113. The largest absolute Gasteiger partial charge is 0.497 e. The minimum Gasteiger partial charge on any atom is -0.497 e. The maximum atomic E-state index is 14.5. The number of hydrogen-bond donors (Lipinski definition) is 1. The molecule has 60 heavy (non-hydrogen) atoms. The van der Waals surface area contributed by atoms with E-state index in [0.717, 1.165) is 43.6 Å². The first kappa shape index (κ1) is 39.0. The summed E-state index contributed by atoms with van der Waals surface area (Å²) in [5.74, 6) is -0.968. The van der Waals surface area contributed by atoms with Gasteiger partial charge in [-0.25, -0.2) is 14.6 Å². The number of aliphatic imine (C=N–C) groups is 1. The second-order valence-electron chi connectivity index (χ2n) is 15.0. The lowest BCUT2D eigenvalue weighted by Crippen LogP contribution is -2.42. The average Bonchev–Trinajstić information content (AvgIpc) is 3.80. The van der Waals surface area contributed by atoms with Gasteiger partial charge in [0.15, 0.2) is 11.3 Å². The minimum absolute atomic E-state index is 0.142. The first-order valence-electron chi connectivity index (χ1n) is 19.6. The van der Waals surface area contributed by atoms with E-state index in [1.807, 2.05) is 38.1 Å². The summed E-state index contributed by atoms with van der Waals surface area (Å²) < 4.78 is 23.8. The topological polar surface area (TPSA) is 124 Å². The molecule has 7 aromatic carbocycles. The maximum absolute atomic E-state index is 14.5. The van der Waals surface area contributed by atoms with Crippen LogP contribution in [-0.4, -0.2) is 65.6 Å². The zero-order valence-electron chi connectivity index (χ0n) is 33.0. The van der Waals surface area contributed by atoms with Crippen molar-refractivity contribution in [3.05, 3.63) is 161 Å². The number of aliphatic hydroxyl groups excluding tert-OH is 1. The Morgan fingerprint density at radius 2 is 1.43 bits per heavy atom. The van der Waals surface area contributed by atoms with Gasteiger partial charge in [-0.2, -0.15) is 0 Å². The number of benzene rings is 7. The summed E-state index contributed by atoms with van der Waals surface area (Å²) in [4.78, 5) is 47.7. The van der Waals surface area contributed by atoms with Crippen LogP contribution in [0, 0.1) is 13.8 Å². The number of methoxy groups -OCH3 is 1. The molecular weight excluding hydrogens is 777 g/mol. The van der Waals surface area contributed by atoms with Gasteiger partial charge in [0.25, 0.3) is 5.91 Å². The molecule has 11 heteroatoms.